The minimum absolute atomic E-state index is 0.00586. The van der Waals surface area contributed by atoms with Crippen LogP contribution in [0.3, 0.4) is 0 Å². The van der Waals surface area contributed by atoms with Gasteiger partial charge in [0.25, 0.3) is 0 Å². The van der Waals surface area contributed by atoms with E-state index in [2.05, 4.69) is 11.4 Å². The van der Waals surface area contributed by atoms with Crippen molar-refractivity contribution < 1.29 is 13.9 Å². The van der Waals surface area contributed by atoms with E-state index in [-0.39, 0.29) is 18.2 Å². The standard InChI is InChI=1S/C17H20N2O3/c1-12(15-8-5-9-21-15)19(2)17(20)18-11-14-10-13-6-3-4-7-16(13)22-14/h3-9,12,14H,10-11H2,1-2H3,(H,18,20). The molecule has 0 fully saturated rings. The number of nitrogens with one attached hydrogen (secondary N) is 1. The van der Waals surface area contributed by atoms with Crippen molar-refractivity contribution in [2.45, 2.75) is 25.5 Å². The van der Waals surface area contributed by atoms with Gasteiger partial charge in [-0.05, 0) is 30.7 Å². The Morgan fingerprint density at radius 2 is 2.18 bits per heavy atom. The van der Waals surface area contributed by atoms with Crippen molar-refractivity contribution in [3.63, 3.8) is 0 Å². The van der Waals surface area contributed by atoms with E-state index in [1.807, 2.05) is 37.3 Å². The molecule has 1 N–H and O–H groups in total. The molecule has 0 saturated carbocycles. The summed E-state index contributed by atoms with van der Waals surface area (Å²) in [4.78, 5) is 13.9. The SMILES string of the molecule is CC(c1ccco1)N(C)C(=O)NCC1Cc2ccccc2O1. The molecule has 0 saturated heterocycles. The molecule has 22 heavy (non-hydrogen) atoms. The Bertz CT molecular complexity index is 614. The molecule has 1 aliphatic heterocycles. The van der Waals surface area contributed by atoms with Gasteiger partial charge in [0, 0.05) is 13.5 Å². The summed E-state index contributed by atoms with van der Waals surface area (Å²) < 4.78 is 11.2. The maximum atomic E-state index is 12.2. The molecule has 2 unspecified atom stereocenters. The van der Waals surface area contributed by atoms with Crippen molar-refractivity contribution >= 4 is 6.03 Å². The lowest BCUT2D eigenvalue weighted by molar-refractivity contribution is 0.176. The monoisotopic (exact) mass is 300 g/mol. The fourth-order valence-corrected chi connectivity index (χ4v) is 2.59. The zero-order chi connectivity index (χ0) is 15.5. The van der Waals surface area contributed by atoms with Crippen LogP contribution in [0.25, 0.3) is 0 Å². The highest BCUT2D eigenvalue weighted by Crippen LogP contribution is 2.27. The Labute approximate surface area is 129 Å². The van der Waals surface area contributed by atoms with E-state index in [9.17, 15) is 4.79 Å². The molecular weight excluding hydrogens is 280 g/mol. The first-order valence-corrected chi connectivity index (χ1v) is 7.44. The predicted molar refractivity (Wildman–Crippen MR) is 82.8 cm³/mol. The van der Waals surface area contributed by atoms with Crippen molar-refractivity contribution in [3.05, 3.63) is 54.0 Å². The Kier molecular flexibility index (Phi) is 4.04. The molecule has 0 spiro atoms. The largest absolute Gasteiger partial charge is 0.488 e. The second kappa shape index (κ2) is 6.13. The van der Waals surface area contributed by atoms with Gasteiger partial charge in [-0.1, -0.05) is 18.2 Å². The maximum Gasteiger partial charge on any atom is 0.317 e. The van der Waals surface area contributed by atoms with Gasteiger partial charge in [0.05, 0.1) is 18.8 Å². The number of hydrogen-bond acceptors (Lipinski definition) is 3. The molecule has 2 heterocycles. The number of benzene rings is 1. The van der Waals surface area contributed by atoms with Crippen LogP contribution in [0.1, 0.15) is 24.3 Å². The Hall–Kier alpha value is -2.43. The third kappa shape index (κ3) is 2.93. The summed E-state index contributed by atoms with van der Waals surface area (Å²) >= 11 is 0. The van der Waals surface area contributed by atoms with E-state index < -0.39 is 0 Å². The molecule has 116 valence electrons. The molecule has 0 bridgehead atoms. The van der Waals surface area contributed by atoms with Crippen LogP contribution in [0, 0.1) is 0 Å². The highest BCUT2D eigenvalue weighted by atomic mass is 16.5. The molecule has 3 rings (SSSR count). The first-order valence-electron chi connectivity index (χ1n) is 7.44. The highest BCUT2D eigenvalue weighted by molar-refractivity contribution is 5.74. The number of rotatable bonds is 4. The van der Waals surface area contributed by atoms with Gasteiger partial charge in [0.15, 0.2) is 0 Å². The van der Waals surface area contributed by atoms with Crippen molar-refractivity contribution in [3.8, 4) is 5.75 Å². The van der Waals surface area contributed by atoms with E-state index in [0.29, 0.717) is 6.54 Å². The first-order chi connectivity index (χ1) is 10.6. The summed E-state index contributed by atoms with van der Waals surface area (Å²) in [5.41, 5.74) is 1.19. The van der Waals surface area contributed by atoms with Gasteiger partial charge in [-0.2, -0.15) is 0 Å². The number of amides is 2. The quantitative estimate of drug-likeness (QED) is 0.944. The number of ether oxygens (including phenoxy) is 1. The summed E-state index contributed by atoms with van der Waals surface area (Å²) in [5, 5.41) is 2.92. The molecule has 1 aromatic carbocycles. The lowest BCUT2D eigenvalue weighted by Crippen LogP contribution is -2.42. The summed E-state index contributed by atoms with van der Waals surface area (Å²) in [6.45, 7) is 2.42. The molecule has 1 aromatic heterocycles. The lowest BCUT2D eigenvalue weighted by Gasteiger charge is -2.24. The van der Waals surface area contributed by atoms with Crippen LogP contribution >= 0.6 is 0 Å². The number of furan rings is 1. The van der Waals surface area contributed by atoms with E-state index in [4.69, 9.17) is 9.15 Å². The van der Waals surface area contributed by atoms with Gasteiger partial charge in [-0.3, -0.25) is 0 Å². The number of hydrogen-bond donors (Lipinski definition) is 1. The Balaban J connectivity index is 1.51. The molecule has 1 aliphatic rings. The number of carbonyl (C=O) groups is 1. The minimum Gasteiger partial charge on any atom is -0.488 e. The second-order valence-corrected chi connectivity index (χ2v) is 5.54. The first kappa shape index (κ1) is 14.5. The van der Waals surface area contributed by atoms with Crippen LogP contribution in [0.15, 0.2) is 47.1 Å². The third-order valence-corrected chi connectivity index (χ3v) is 4.05. The molecule has 2 amide bonds. The zero-order valence-electron chi connectivity index (χ0n) is 12.8. The van der Waals surface area contributed by atoms with E-state index in [1.54, 1.807) is 18.2 Å². The normalized spacial score (nSPS) is 17.5. The molecule has 0 aliphatic carbocycles. The van der Waals surface area contributed by atoms with Crippen LogP contribution in [-0.2, 0) is 6.42 Å². The Morgan fingerprint density at radius 1 is 1.36 bits per heavy atom. The van der Waals surface area contributed by atoms with Crippen molar-refractivity contribution in [1.82, 2.24) is 10.2 Å². The van der Waals surface area contributed by atoms with Crippen LogP contribution in [0.4, 0.5) is 4.79 Å². The topological polar surface area (TPSA) is 54.7 Å². The van der Waals surface area contributed by atoms with E-state index >= 15 is 0 Å². The Morgan fingerprint density at radius 3 is 2.91 bits per heavy atom. The third-order valence-electron chi connectivity index (χ3n) is 4.05. The number of fused-ring (bicyclic) bond motifs is 1. The fraction of sp³-hybridized carbons (Fsp3) is 0.353. The van der Waals surface area contributed by atoms with Gasteiger partial charge in [0.1, 0.15) is 17.6 Å². The van der Waals surface area contributed by atoms with E-state index in [0.717, 1.165) is 17.9 Å². The second-order valence-electron chi connectivity index (χ2n) is 5.54. The van der Waals surface area contributed by atoms with Gasteiger partial charge < -0.3 is 19.4 Å². The number of para-hydroxylation sites is 1. The molecular formula is C17H20N2O3. The number of urea groups is 1. The molecule has 2 aromatic rings. The van der Waals surface area contributed by atoms with Gasteiger partial charge in [0.2, 0.25) is 0 Å². The van der Waals surface area contributed by atoms with Gasteiger partial charge >= 0.3 is 6.03 Å². The number of carbonyl (C=O) groups excluding carboxylic acids is 1. The van der Waals surface area contributed by atoms with Crippen LogP contribution in [0.5, 0.6) is 5.75 Å². The fourth-order valence-electron chi connectivity index (χ4n) is 2.59. The van der Waals surface area contributed by atoms with Crippen molar-refractivity contribution in [1.29, 1.82) is 0 Å². The molecule has 0 radical (unpaired) electrons. The molecule has 5 nitrogen and oxygen atoms in total. The smallest absolute Gasteiger partial charge is 0.317 e. The number of nitrogens with zero attached hydrogens (tertiary/aromatic N) is 1. The van der Waals surface area contributed by atoms with E-state index in [1.165, 1.54) is 5.56 Å². The zero-order valence-corrected chi connectivity index (χ0v) is 12.8. The summed E-state index contributed by atoms with van der Waals surface area (Å²) in [7, 11) is 1.76. The van der Waals surface area contributed by atoms with Gasteiger partial charge in [-0.25, -0.2) is 4.79 Å². The highest BCUT2D eigenvalue weighted by Gasteiger charge is 2.24. The van der Waals surface area contributed by atoms with Crippen LogP contribution in [-0.4, -0.2) is 30.6 Å². The predicted octanol–water partition coefficient (Wildman–Crippen LogP) is 2.99. The lowest BCUT2D eigenvalue weighted by atomic mass is 10.1. The van der Waals surface area contributed by atoms with Crippen LogP contribution < -0.4 is 10.1 Å². The summed E-state index contributed by atoms with van der Waals surface area (Å²) in [6, 6.07) is 11.4. The van der Waals surface area contributed by atoms with Crippen molar-refractivity contribution in [2.75, 3.05) is 13.6 Å². The average Bonchev–Trinajstić information content (AvgIpc) is 3.19. The van der Waals surface area contributed by atoms with Gasteiger partial charge in [-0.15, -0.1) is 0 Å². The summed E-state index contributed by atoms with van der Waals surface area (Å²) in [5.74, 6) is 1.68. The maximum absolute atomic E-state index is 12.2. The molecule has 5 heteroatoms. The molecule has 2 atom stereocenters. The van der Waals surface area contributed by atoms with Crippen LogP contribution in [0.2, 0.25) is 0 Å². The summed E-state index contributed by atoms with van der Waals surface area (Å²) in [6.07, 6.45) is 2.43. The van der Waals surface area contributed by atoms with Crippen molar-refractivity contribution in [2.24, 2.45) is 0 Å². The minimum atomic E-state index is -0.136. The average molecular weight is 300 g/mol.